The van der Waals surface area contributed by atoms with Gasteiger partial charge in [0.05, 0.1) is 23.2 Å². The van der Waals surface area contributed by atoms with E-state index in [9.17, 15) is 8.42 Å². The van der Waals surface area contributed by atoms with Gasteiger partial charge in [-0.1, -0.05) is 44.5 Å². The Bertz CT molecular complexity index is 1190. The fraction of sp³-hybridized carbons (Fsp3) is 0.391. The first-order valence-electron chi connectivity index (χ1n) is 10.6. The predicted molar refractivity (Wildman–Crippen MR) is 126 cm³/mol. The van der Waals surface area contributed by atoms with Crippen LogP contribution in [0.2, 0.25) is 5.02 Å². The van der Waals surface area contributed by atoms with E-state index < -0.39 is 10.0 Å². The number of anilines is 1. The molecule has 3 aromatic rings. The molecule has 1 aliphatic rings. The Balaban J connectivity index is 1.68. The van der Waals surface area contributed by atoms with E-state index in [-0.39, 0.29) is 16.4 Å². The second-order valence-electron chi connectivity index (χ2n) is 9.00. The molecule has 1 aromatic heterocycles. The summed E-state index contributed by atoms with van der Waals surface area (Å²) >= 11 is 6.26. The van der Waals surface area contributed by atoms with Crippen molar-refractivity contribution in [3.8, 4) is 11.4 Å². The summed E-state index contributed by atoms with van der Waals surface area (Å²) in [5.41, 5.74) is 1.95. The third-order valence-electron chi connectivity index (χ3n) is 5.60. The van der Waals surface area contributed by atoms with E-state index in [1.54, 1.807) is 36.7 Å². The number of rotatable bonds is 5. The molecule has 0 radical (unpaired) electrons. The zero-order valence-electron chi connectivity index (χ0n) is 18.4. The molecular formula is C23H27ClN4O3S. The molecule has 0 spiro atoms. The first-order chi connectivity index (χ1) is 15.1. The number of sulfonamides is 1. The van der Waals surface area contributed by atoms with Crippen molar-refractivity contribution in [2.45, 2.75) is 50.0 Å². The lowest BCUT2D eigenvalue weighted by molar-refractivity contribution is 0.0596. The highest BCUT2D eigenvalue weighted by atomic mass is 35.5. The molecule has 0 bridgehead atoms. The lowest BCUT2D eigenvalue weighted by atomic mass is 9.87. The summed E-state index contributed by atoms with van der Waals surface area (Å²) in [4.78, 5) is 0.188. The Morgan fingerprint density at radius 2 is 1.91 bits per heavy atom. The van der Waals surface area contributed by atoms with Crippen LogP contribution >= 0.6 is 11.6 Å². The van der Waals surface area contributed by atoms with E-state index in [1.165, 1.54) is 0 Å². The molecule has 1 saturated heterocycles. The molecule has 2 heterocycles. The van der Waals surface area contributed by atoms with Gasteiger partial charge in [-0.2, -0.15) is 0 Å². The molecule has 1 aliphatic heterocycles. The van der Waals surface area contributed by atoms with E-state index >= 15 is 0 Å². The number of ether oxygens (including phenoxy) is 1. The molecule has 7 nitrogen and oxygen atoms in total. The monoisotopic (exact) mass is 474 g/mol. The van der Waals surface area contributed by atoms with Crippen LogP contribution in [0, 0.1) is 0 Å². The van der Waals surface area contributed by atoms with Crippen molar-refractivity contribution in [2.24, 2.45) is 0 Å². The van der Waals surface area contributed by atoms with Gasteiger partial charge in [-0.25, -0.2) is 8.42 Å². The Morgan fingerprint density at radius 3 is 2.56 bits per heavy atom. The molecule has 4 rings (SSSR count). The van der Waals surface area contributed by atoms with Crippen LogP contribution in [0.5, 0.6) is 0 Å². The van der Waals surface area contributed by atoms with Gasteiger partial charge < -0.3 is 9.30 Å². The van der Waals surface area contributed by atoms with Crippen LogP contribution in [-0.4, -0.2) is 36.4 Å². The second-order valence-corrected chi connectivity index (χ2v) is 11.1. The number of hydrogen-bond donors (Lipinski definition) is 1. The molecule has 0 unspecified atom stereocenters. The first kappa shape index (κ1) is 22.8. The maximum absolute atomic E-state index is 13.1. The van der Waals surface area contributed by atoms with Crippen LogP contribution in [0.15, 0.2) is 53.7 Å². The molecule has 0 aliphatic carbocycles. The number of benzene rings is 2. The van der Waals surface area contributed by atoms with Gasteiger partial charge in [-0.3, -0.25) is 4.72 Å². The smallest absolute Gasteiger partial charge is 0.261 e. The lowest BCUT2D eigenvalue weighted by Gasteiger charge is -2.24. The van der Waals surface area contributed by atoms with Crippen molar-refractivity contribution in [3.63, 3.8) is 0 Å². The lowest BCUT2D eigenvalue weighted by Crippen LogP contribution is -2.21. The average Bonchev–Trinajstić information content (AvgIpc) is 3.25. The Kier molecular flexibility index (Phi) is 6.29. The Labute approximate surface area is 193 Å². The standard InChI is InChI=1S/C23H27ClN4O3S/c1-23(2,3)16-6-9-19(10-7-16)32(29,30)27-21-11-8-17(24)13-20(21)22-26-25-15-28(22)18-5-4-12-31-14-18/h6-11,13,15,18,27H,4-5,12,14H2,1-3H3/t18-/m0/s1. The van der Waals surface area contributed by atoms with Gasteiger partial charge in [0.1, 0.15) is 6.33 Å². The van der Waals surface area contributed by atoms with Crippen LogP contribution in [0.3, 0.4) is 0 Å². The highest BCUT2D eigenvalue weighted by Crippen LogP contribution is 2.34. The zero-order valence-corrected chi connectivity index (χ0v) is 19.9. The molecule has 32 heavy (non-hydrogen) atoms. The fourth-order valence-electron chi connectivity index (χ4n) is 3.77. The second kappa shape index (κ2) is 8.84. The van der Waals surface area contributed by atoms with E-state index in [1.807, 2.05) is 16.7 Å². The summed E-state index contributed by atoms with van der Waals surface area (Å²) in [6.07, 6.45) is 3.54. The summed E-state index contributed by atoms with van der Waals surface area (Å²) in [6.45, 7) is 7.56. The van der Waals surface area contributed by atoms with Crippen LogP contribution in [0.1, 0.15) is 45.2 Å². The minimum absolute atomic E-state index is 0.0635. The molecule has 170 valence electrons. The summed E-state index contributed by atoms with van der Waals surface area (Å²) in [7, 11) is -3.81. The highest BCUT2D eigenvalue weighted by Gasteiger charge is 2.24. The van der Waals surface area contributed by atoms with E-state index in [2.05, 4.69) is 35.7 Å². The molecule has 9 heteroatoms. The normalized spacial score (nSPS) is 17.3. The third-order valence-corrected chi connectivity index (χ3v) is 7.22. The molecule has 2 aromatic carbocycles. The molecule has 1 fully saturated rings. The number of halogens is 1. The largest absolute Gasteiger partial charge is 0.379 e. The molecular weight excluding hydrogens is 448 g/mol. The number of nitrogens with zero attached hydrogens (tertiary/aromatic N) is 3. The Morgan fingerprint density at radius 1 is 1.16 bits per heavy atom. The maximum Gasteiger partial charge on any atom is 0.261 e. The molecule has 0 saturated carbocycles. The van der Waals surface area contributed by atoms with Crippen molar-refractivity contribution >= 4 is 27.3 Å². The van der Waals surface area contributed by atoms with Crippen molar-refractivity contribution in [1.82, 2.24) is 14.8 Å². The van der Waals surface area contributed by atoms with Gasteiger partial charge in [-0.05, 0) is 54.2 Å². The van der Waals surface area contributed by atoms with Crippen molar-refractivity contribution in [2.75, 3.05) is 17.9 Å². The van der Waals surface area contributed by atoms with Gasteiger partial charge in [0.25, 0.3) is 10.0 Å². The van der Waals surface area contributed by atoms with Crippen LogP contribution in [0.25, 0.3) is 11.4 Å². The Hall–Kier alpha value is -2.42. The quantitative estimate of drug-likeness (QED) is 0.559. The van der Waals surface area contributed by atoms with Crippen molar-refractivity contribution in [1.29, 1.82) is 0 Å². The molecule has 1 N–H and O–H groups in total. The highest BCUT2D eigenvalue weighted by molar-refractivity contribution is 7.92. The molecule has 0 amide bonds. The fourth-order valence-corrected chi connectivity index (χ4v) is 5.03. The van der Waals surface area contributed by atoms with E-state index in [0.29, 0.717) is 28.7 Å². The van der Waals surface area contributed by atoms with Gasteiger partial charge in [0.15, 0.2) is 5.82 Å². The third kappa shape index (κ3) is 4.82. The van der Waals surface area contributed by atoms with Crippen LogP contribution in [0.4, 0.5) is 5.69 Å². The van der Waals surface area contributed by atoms with Crippen molar-refractivity contribution < 1.29 is 13.2 Å². The number of aromatic nitrogens is 3. The number of nitrogens with one attached hydrogen (secondary N) is 1. The summed E-state index contributed by atoms with van der Waals surface area (Å²) in [5.74, 6) is 0.545. The van der Waals surface area contributed by atoms with Crippen molar-refractivity contribution in [3.05, 3.63) is 59.4 Å². The SMILES string of the molecule is CC(C)(C)c1ccc(S(=O)(=O)Nc2ccc(Cl)cc2-c2nncn2[C@H]2CCCOC2)cc1. The maximum atomic E-state index is 13.1. The summed E-state index contributed by atoms with van der Waals surface area (Å²) in [5, 5.41) is 8.82. The predicted octanol–water partition coefficient (Wildman–Crippen LogP) is 5.05. The van der Waals surface area contributed by atoms with Gasteiger partial charge >= 0.3 is 0 Å². The summed E-state index contributed by atoms with van der Waals surface area (Å²) in [6, 6.07) is 12.0. The van der Waals surface area contributed by atoms with Crippen LogP contribution < -0.4 is 4.72 Å². The minimum atomic E-state index is -3.81. The van der Waals surface area contributed by atoms with Gasteiger partial charge in [-0.15, -0.1) is 10.2 Å². The average molecular weight is 475 g/mol. The van der Waals surface area contributed by atoms with E-state index in [0.717, 1.165) is 25.0 Å². The zero-order chi connectivity index (χ0) is 22.9. The molecule has 1 atom stereocenters. The van der Waals surface area contributed by atoms with Gasteiger partial charge in [0.2, 0.25) is 0 Å². The first-order valence-corrected chi connectivity index (χ1v) is 12.4. The minimum Gasteiger partial charge on any atom is -0.379 e. The topological polar surface area (TPSA) is 86.1 Å². The van der Waals surface area contributed by atoms with Crippen LogP contribution in [-0.2, 0) is 20.2 Å². The summed E-state index contributed by atoms with van der Waals surface area (Å²) < 4.78 is 36.5. The van der Waals surface area contributed by atoms with E-state index in [4.69, 9.17) is 16.3 Å². The number of hydrogen-bond acceptors (Lipinski definition) is 5. The van der Waals surface area contributed by atoms with Gasteiger partial charge in [0, 0.05) is 17.2 Å².